The molecular formula is C18H24N4O3S. The van der Waals surface area contributed by atoms with Crippen molar-refractivity contribution in [3.8, 4) is 0 Å². The van der Waals surface area contributed by atoms with E-state index < -0.39 is 0 Å². The van der Waals surface area contributed by atoms with Gasteiger partial charge in [0.25, 0.3) is 5.91 Å². The van der Waals surface area contributed by atoms with Crippen LogP contribution in [0.15, 0.2) is 22.8 Å². The molecular weight excluding hydrogens is 352 g/mol. The van der Waals surface area contributed by atoms with Crippen molar-refractivity contribution in [3.63, 3.8) is 0 Å². The Morgan fingerprint density at radius 1 is 1.38 bits per heavy atom. The van der Waals surface area contributed by atoms with Gasteiger partial charge in [-0.05, 0) is 31.4 Å². The van der Waals surface area contributed by atoms with Gasteiger partial charge in [-0.15, -0.1) is 10.2 Å². The highest BCUT2D eigenvalue weighted by molar-refractivity contribution is 7.15. The summed E-state index contributed by atoms with van der Waals surface area (Å²) in [5.74, 6) is 0.430. The van der Waals surface area contributed by atoms with Crippen LogP contribution in [-0.2, 0) is 4.79 Å². The molecule has 26 heavy (non-hydrogen) atoms. The van der Waals surface area contributed by atoms with Crippen LogP contribution in [0.5, 0.6) is 0 Å². The van der Waals surface area contributed by atoms with Crippen molar-refractivity contribution in [2.24, 2.45) is 5.92 Å². The molecule has 0 aromatic carbocycles. The molecule has 2 amide bonds. The first-order valence-corrected chi connectivity index (χ1v) is 9.87. The number of carbonyl (C=O) groups is 2. The number of hydrogen-bond acceptors (Lipinski definition) is 6. The van der Waals surface area contributed by atoms with Gasteiger partial charge in [0.15, 0.2) is 5.76 Å². The second kappa shape index (κ2) is 8.44. The van der Waals surface area contributed by atoms with Crippen LogP contribution in [0.2, 0.25) is 0 Å². The number of anilines is 1. The van der Waals surface area contributed by atoms with Gasteiger partial charge < -0.3 is 14.6 Å². The smallest absolute Gasteiger partial charge is 0.289 e. The summed E-state index contributed by atoms with van der Waals surface area (Å²) in [7, 11) is 0. The number of piperidine rings is 1. The van der Waals surface area contributed by atoms with Gasteiger partial charge in [-0.3, -0.25) is 9.59 Å². The van der Waals surface area contributed by atoms with E-state index in [-0.39, 0.29) is 17.7 Å². The van der Waals surface area contributed by atoms with Gasteiger partial charge in [0.05, 0.1) is 6.26 Å². The lowest BCUT2D eigenvalue weighted by molar-refractivity contribution is -0.121. The second-order valence-electron chi connectivity index (χ2n) is 6.67. The Balaban J connectivity index is 1.50. The minimum atomic E-state index is -0.118. The van der Waals surface area contributed by atoms with Gasteiger partial charge in [-0.25, -0.2) is 0 Å². The first-order chi connectivity index (χ1) is 12.6. The Bertz CT molecular complexity index is 735. The Kier molecular flexibility index (Phi) is 6.03. The van der Waals surface area contributed by atoms with Gasteiger partial charge >= 0.3 is 0 Å². The van der Waals surface area contributed by atoms with E-state index in [0.717, 1.165) is 17.8 Å². The predicted octanol–water partition coefficient (Wildman–Crippen LogP) is 3.53. The zero-order valence-corrected chi connectivity index (χ0v) is 15.9. The predicted molar refractivity (Wildman–Crippen MR) is 99.2 cm³/mol. The van der Waals surface area contributed by atoms with E-state index in [0.29, 0.717) is 42.7 Å². The van der Waals surface area contributed by atoms with Crippen molar-refractivity contribution >= 4 is 28.3 Å². The molecule has 0 unspecified atom stereocenters. The lowest BCUT2D eigenvalue weighted by Crippen LogP contribution is -2.41. The summed E-state index contributed by atoms with van der Waals surface area (Å²) >= 11 is 1.45. The Morgan fingerprint density at radius 3 is 2.81 bits per heavy atom. The van der Waals surface area contributed by atoms with Crippen LogP contribution in [0.1, 0.15) is 61.0 Å². The second-order valence-corrected chi connectivity index (χ2v) is 7.68. The molecule has 2 aromatic heterocycles. The maximum atomic E-state index is 12.5. The van der Waals surface area contributed by atoms with Crippen molar-refractivity contribution in [2.75, 3.05) is 18.4 Å². The van der Waals surface area contributed by atoms with Gasteiger partial charge in [0, 0.05) is 24.9 Å². The minimum absolute atomic E-state index is 0.0408. The van der Waals surface area contributed by atoms with Crippen molar-refractivity contribution in [1.82, 2.24) is 15.1 Å². The first-order valence-electron chi connectivity index (χ1n) is 9.05. The molecule has 3 rings (SSSR count). The van der Waals surface area contributed by atoms with Gasteiger partial charge in [-0.1, -0.05) is 31.6 Å². The Hall–Kier alpha value is -2.22. The van der Waals surface area contributed by atoms with Crippen molar-refractivity contribution in [1.29, 1.82) is 0 Å². The molecule has 140 valence electrons. The van der Waals surface area contributed by atoms with Crippen LogP contribution in [-0.4, -0.2) is 40.0 Å². The Labute approximate surface area is 156 Å². The Morgan fingerprint density at radius 2 is 2.15 bits per heavy atom. The summed E-state index contributed by atoms with van der Waals surface area (Å²) in [4.78, 5) is 26.5. The van der Waals surface area contributed by atoms with Gasteiger partial charge in [0.2, 0.25) is 11.0 Å². The SMILES string of the molecule is CCC[C@@H](C)c1nnc(NC(=O)C2CCN(C(=O)c3ccco3)CC2)s1. The van der Waals surface area contributed by atoms with E-state index in [4.69, 9.17) is 4.42 Å². The number of nitrogens with zero attached hydrogens (tertiary/aromatic N) is 3. The van der Waals surface area contributed by atoms with Crippen molar-refractivity contribution in [3.05, 3.63) is 29.2 Å². The fourth-order valence-electron chi connectivity index (χ4n) is 3.15. The molecule has 1 fully saturated rings. The topological polar surface area (TPSA) is 88.3 Å². The van der Waals surface area contributed by atoms with Crippen LogP contribution in [0, 0.1) is 5.92 Å². The maximum Gasteiger partial charge on any atom is 0.289 e. The molecule has 2 aromatic rings. The van der Waals surface area contributed by atoms with Crippen LogP contribution >= 0.6 is 11.3 Å². The van der Waals surface area contributed by atoms with E-state index >= 15 is 0 Å². The minimum Gasteiger partial charge on any atom is -0.459 e. The average molecular weight is 376 g/mol. The molecule has 1 saturated heterocycles. The molecule has 8 heteroatoms. The zero-order valence-electron chi connectivity index (χ0n) is 15.1. The van der Waals surface area contributed by atoms with Crippen LogP contribution in [0.25, 0.3) is 0 Å². The van der Waals surface area contributed by atoms with Gasteiger partial charge in [-0.2, -0.15) is 0 Å². The molecule has 1 atom stereocenters. The average Bonchev–Trinajstić information content (AvgIpc) is 3.33. The third kappa shape index (κ3) is 4.30. The fraction of sp³-hybridized carbons (Fsp3) is 0.556. The van der Waals surface area contributed by atoms with Crippen LogP contribution < -0.4 is 5.32 Å². The highest BCUT2D eigenvalue weighted by Crippen LogP contribution is 2.27. The quantitative estimate of drug-likeness (QED) is 0.833. The normalized spacial score (nSPS) is 16.5. The molecule has 0 radical (unpaired) electrons. The third-order valence-corrected chi connectivity index (χ3v) is 5.77. The molecule has 7 nitrogen and oxygen atoms in total. The summed E-state index contributed by atoms with van der Waals surface area (Å²) in [6.07, 6.45) is 4.92. The van der Waals surface area contributed by atoms with E-state index in [1.54, 1.807) is 17.0 Å². The summed E-state index contributed by atoms with van der Waals surface area (Å²) < 4.78 is 5.16. The number of amides is 2. The molecule has 0 aliphatic carbocycles. The fourth-order valence-corrected chi connectivity index (χ4v) is 3.98. The standard InChI is InChI=1S/C18H24N4O3S/c1-3-5-12(2)16-20-21-18(26-16)19-15(23)13-7-9-22(10-8-13)17(24)14-6-4-11-25-14/h4,6,11-13H,3,5,7-10H2,1-2H3,(H,19,21,23)/t12-/m1/s1. The molecule has 1 N–H and O–H groups in total. The number of hydrogen-bond donors (Lipinski definition) is 1. The number of likely N-dealkylation sites (tertiary alicyclic amines) is 1. The monoisotopic (exact) mass is 376 g/mol. The number of rotatable bonds is 6. The van der Waals surface area contributed by atoms with Crippen molar-refractivity contribution < 1.29 is 14.0 Å². The molecule has 1 aliphatic rings. The highest BCUT2D eigenvalue weighted by atomic mass is 32.1. The molecule has 3 heterocycles. The van der Waals surface area contributed by atoms with Crippen LogP contribution in [0.3, 0.4) is 0 Å². The molecule has 1 aliphatic heterocycles. The summed E-state index contributed by atoms with van der Waals surface area (Å²) in [6, 6.07) is 3.36. The zero-order chi connectivity index (χ0) is 18.5. The summed E-state index contributed by atoms with van der Waals surface area (Å²) in [6.45, 7) is 5.36. The summed E-state index contributed by atoms with van der Waals surface area (Å²) in [5.41, 5.74) is 0. The number of carbonyl (C=O) groups excluding carboxylic acids is 2. The molecule has 0 spiro atoms. The van der Waals surface area contributed by atoms with Crippen LogP contribution in [0.4, 0.5) is 5.13 Å². The number of aromatic nitrogens is 2. The van der Waals surface area contributed by atoms with Gasteiger partial charge in [0.1, 0.15) is 5.01 Å². The molecule has 0 bridgehead atoms. The van der Waals surface area contributed by atoms with E-state index in [1.165, 1.54) is 17.6 Å². The molecule has 0 saturated carbocycles. The third-order valence-electron chi connectivity index (χ3n) is 4.70. The van der Waals surface area contributed by atoms with E-state index in [2.05, 4.69) is 29.4 Å². The lowest BCUT2D eigenvalue weighted by atomic mass is 9.96. The number of nitrogens with one attached hydrogen (secondary N) is 1. The van der Waals surface area contributed by atoms with E-state index in [9.17, 15) is 9.59 Å². The summed E-state index contributed by atoms with van der Waals surface area (Å²) in [5, 5.41) is 12.7. The maximum absolute atomic E-state index is 12.5. The lowest BCUT2D eigenvalue weighted by Gasteiger charge is -2.30. The number of furan rings is 1. The first kappa shape index (κ1) is 18.6. The highest BCUT2D eigenvalue weighted by Gasteiger charge is 2.29. The van der Waals surface area contributed by atoms with E-state index in [1.807, 2.05) is 0 Å². The van der Waals surface area contributed by atoms with Crippen molar-refractivity contribution in [2.45, 2.75) is 45.4 Å². The largest absolute Gasteiger partial charge is 0.459 e.